The van der Waals surface area contributed by atoms with Crippen LogP contribution < -0.4 is 0 Å². The molecule has 1 aromatic rings. The number of ketones is 1. The molecular weight excluding hydrogens is 335 g/mol. The third-order valence-electron chi connectivity index (χ3n) is 4.11. The molecule has 1 nitrogen and oxygen atoms in total. The van der Waals surface area contributed by atoms with Gasteiger partial charge in [0.2, 0.25) is 0 Å². The van der Waals surface area contributed by atoms with Gasteiger partial charge in [-0.05, 0) is 59.0 Å². The first-order valence-corrected chi connectivity index (χ1v) is 8.04. The highest BCUT2D eigenvalue weighted by Gasteiger charge is 2.25. The van der Waals surface area contributed by atoms with Gasteiger partial charge in [-0.2, -0.15) is 0 Å². The lowest BCUT2D eigenvalue weighted by Crippen LogP contribution is -2.24. The first-order valence-electron chi connectivity index (χ1n) is 6.96. The van der Waals surface area contributed by atoms with Gasteiger partial charge in [0.15, 0.2) is 0 Å². The van der Waals surface area contributed by atoms with Gasteiger partial charge in [-0.3, -0.25) is 4.79 Å². The van der Waals surface area contributed by atoms with E-state index in [2.05, 4.69) is 53.8 Å². The van der Waals surface area contributed by atoms with Gasteiger partial charge in [-0.15, -0.1) is 0 Å². The monoisotopic (exact) mass is 356 g/mol. The largest absolute Gasteiger partial charge is 0.299 e. The fourth-order valence-corrected chi connectivity index (χ4v) is 3.26. The number of benzene rings is 1. The number of hydrogen-bond donors (Lipinski definition) is 0. The van der Waals surface area contributed by atoms with Crippen LogP contribution in [0.5, 0.6) is 0 Å². The number of carbonyl (C=O) groups is 1. The molecule has 2 rings (SSSR count). The lowest BCUT2D eigenvalue weighted by atomic mass is 9.77. The van der Waals surface area contributed by atoms with Gasteiger partial charge < -0.3 is 0 Å². The van der Waals surface area contributed by atoms with Crippen LogP contribution in [0.3, 0.4) is 0 Å². The summed E-state index contributed by atoms with van der Waals surface area (Å²) in [5.74, 6) is 1.56. The Kier molecular flexibility index (Phi) is 5.22. The minimum Gasteiger partial charge on any atom is -0.299 e. The number of Topliss-reactive ketones (excluding diaryl/α,β-unsaturated/α-hetero) is 1. The molecule has 98 valence electrons. The zero-order valence-corrected chi connectivity index (χ0v) is 13.2. The Morgan fingerprint density at radius 1 is 1.28 bits per heavy atom. The van der Waals surface area contributed by atoms with Crippen molar-refractivity contribution in [2.75, 3.05) is 0 Å². The summed E-state index contributed by atoms with van der Waals surface area (Å²) in [5, 5.41) is 0. The molecule has 18 heavy (non-hydrogen) atoms. The van der Waals surface area contributed by atoms with Crippen LogP contribution in [0.1, 0.15) is 44.6 Å². The Hall–Kier alpha value is -0.380. The average Bonchev–Trinajstić information content (AvgIpc) is 2.41. The summed E-state index contributed by atoms with van der Waals surface area (Å²) in [6, 6.07) is 8.33. The molecule has 0 aromatic heterocycles. The summed E-state index contributed by atoms with van der Waals surface area (Å²) >= 11 is 2.30. The summed E-state index contributed by atoms with van der Waals surface area (Å²) in [6.45, 7) is 2.25. The topological polar surface area (TPSA) is 17.1 Å². The smallest absolute Gasteiger partial charge is 0.140 e. The maximum absolute atomic E-state index is 12.3. The van der Waals surface area contributed by atoms with Crippen LogP contribution in [0.25, 0.3) is 0 Å². The van der Waals surface area contributed by atoms with Gasteiger partial charge in [0.05, 0.1) is 0 Å². The molecule has 1 saturated carbocycles. The van der Waals surface area contributed by atoms with Crippen molar-refractivity contribution in [3.63, 3.8) is 0 Å². The minimum atomic E-state index is 0.322. The molecule has 1 aliphatic carbocycles. The normalized spacial score (nSPS) is 23.9. The Morgan fingerprint density at radius 2 is 2.00 bits per heavy atom. The molecule has 2 atom stereocenters. The van der Waals surface area contributed by atoms with Crippen molar-refractivity contribution >= 4 is 28.4 Å². The van der Waals surface area contributed by atoms with E-state index in [0.717, 1.165) is 18.8 Å². The van der Waals surface area contributed by atoms with Crippen LogP contribution >= 0.6 is 22.6 Å². The maximum atomic E-state index is 12.3. The van der Waals surface area contributed by atoms with Crippen LogP contribution in [0.2, 0.25) is 0 Å². The van der Waals surface area contributed by atoms with Crippen molar-refractivity contribution in [1.29, 1.82) is 0 Å². The molecule has 0 aliphatic heterocycles. The lowest BCUT2D eigenvalue weighted by Gasteiger charge is -2.27. The van der Waals surface area contributed by atoms with Gasteiger partial charge in [-0.1, -0.05) is 38.3 Å². The van der Waals surface area contributed by atoms with Gasteiger partial charge in [-0.25, -0.2) is 0 Å². The van der Waals surface area contributed by atoms with Crippen LogP contribution in [0.15, 0.2) is 24.3 Å². The fraction of sp³-hybridized carbons (Fsp3) is 0.562. The van der Waals surface area contributed by atoms with Crippen molar-refractivity contribution in [2.24, 2.45) is 11.8 Å². The second kappa shape index (κ2) is 6.69. The van der Waals surface area contributed by atoms with E-state index in [-0.39, 0.29) is 0 Å². The summed E-state index contributed by atoms with van der Waals surface area (Å²) in [7, 11) is 0. The molecule has 0 heterocycles. The number of carbonyl (C=O) groups excluding carboxylic acids is 1. The highest BCUT2D eigenvalue weighted by molar-refractivity contribution is 14.1. The van der Waals surface area contributed by atoms with Crippen molar-refractivity contribution in [1.82, 2.24) is 0 Å². The minimum absolute atomic E-state index is 0.322. The van der Waals surface area contributed by atoms with E-state index >= 15 is 0 Å². The van der Waals surface area contributed by atoms with Gasteiger partial charge >= 0.3 is 0 Å². The molecule has 2 unspecified atom stereocenters. The van der Waals surface area contributed by atoms with E-state index < -0.39 is 0 Å². The predicted molar refractivity (Wildman–Crippen MR) is 83.6 cm³/mol. The second-order valence-corrected chi connectivity index (χ2v) is 6.65. The molecule has 2 heteroatoms. The molecular formula is C16H21IO. The molecule has 0 spiro atoms. The van der Waals surface area contributed by atoms with Crippen LogP contribution in [0.4, 0.5) is 0 Å². The van der Waals surface area contributed by atoms with E-state index in [1.807, 2.05) is 0 Å². The van der Waals surface area contributed by atoms with Gasteiger partial charge in [0, 0.05) is 15.9 Å². The third kappa shape index (κ3) is 3.81. The number of halogens is 1. The lowest BCUT2D eigenvalue weighted by molar-refractivity contribution is -0.123. The molecule has 0 amide bonds. The van der Waals surface area contributed by atoms with Crippen molar-refractivity contribution in [3.8, 4) is 0 Å². The summed E-state index contributed by atoms with van der Waals surface area (Å²) in [4.78, 5) is 12.3. The molecule has 0 radical (unpaired) electrons. The van der Waals surface area contributed by atoms with Gasteiger partial charge in [0.1, 0.15) is 5.78 Å². The van der Waals surface area contributed by atoms with Crippen LogP contribution in [-0.2, 0) is 11.2 Å². The molecule has 1 fully saturated rings. The first kappa shape index (κ1) is 14.0. The van der Waals surface area contributed by atoms with E-state index in [9.17, 15) is 4.79 Å². The van der Waals surface area contributed by atoms with E-state index in [0.29, 0.717) is 18.1 Å². The SMILES string of the molecule is CCC1CCCC(C(=O)Cc2ccc(I)cc2)C1. The third-order valence-corrected chi connectivity index (χ3v) is 4.83. The highest BCUT2D eigenvalue weighted by Crippen LogP contribution is 2.32. The van der Waals surface area contributed by atoms with Crippen LogP contribution in [-0.4, -0.2) is 5.78 Å². The Balaban J connectivity index is 1.93. The molecule has 1 aliphatic rings. The van der Waals surface area contributed by atoms with Crippen molar-refractivity contribution in [3.05, 3.63) is 33.4 Å². The average molecular weight is 356 g/mol. The Labute approximate surface area is 123 Å². The summed E-state index contributed by atoms with van der Waals surface area (Å²) in [5.41, 5.74) is 1.17. The quantitative estimate of drug-likeness (QED) is 0.720. The standard InChI is InChI=1S/C16H21IO/c1-2-12-4-3-5-14(10-12)16(18)11-13-6-8-15(17)9-7-13/h6-9,12,14H,2-5,10-11H2,1H3. The van der Waals surface area contributed by atoms with E-state index in [1.54, 1.807) is 0 Å². The second-order valence-electron chi connectivity index (χ2n) is 5.41. The zero-order chi connectivity index (χ0) is 13.0. The Morgan fingerprint density at radius 3 is 2.67 bits per heavy atom. The highest BCUT2D eigenvalue weighted by atomic mass is 127. The summed E-state index contributed by atoms with van der Waals surface area (Å²) in [6.07, 6.45) is 6.65. The predicted octanol–water partition coefficient (Wildman–Crippen LogP) is 4.62. The fourth-order valence-electron chi connectivity index (χ4n) is 2.90. The number of hydrogen-bond acceptors (Lipinski definition) is 1. The summed E-state index contributed by atoms with van der Waals surface area (Å²) < 4.78 is 1.23. The molecule has 0 N–H and O–H groups in total. The molecule has 0 bridgehead atoms. The molecule has 0 saturated heterocycles. The van der Waals surface area contributed by atoms with E-state index in [1.165, 1.54) is 28.4 Å². The van der Waals surface area contributed by atoms with E-state index in [4.69, 9.17) is 0 Å². The first-order chi connectivity index (χ1) is 8.69. The van der Waals surface area contributed by atoms with Crippen molar-refractivity contribution < 1.29 is 4.79 Å². The van der Waals surface area contributed by atoms with Crippen molar-refractivity contribution in [2.45, 2.75) is 45.4 Å². The zero-order valence-electron chi connectivity index (χ0n) is 11.0. The van der Waals surface area contributed by atoms with Crippen LogP contribution in [0, 0.1) is 15.4 Å². The number of rotatable bonds is 4. The van der Waals surface area contributed by atoms with Gasteiger partial charge in [0.25, 0.3) is 0 Å². The Bertz CT molecular complexity index is 396. The maximum Gasteiger partial charge on any atom is 0.140 e. The molecule has 1 aromatic carbocycles.